The second kappa shape index (κ2) is 9.69. The van der Waals surface area contributed by atoms with Crippen molar-refractivity contribution >= 4 is 44.3 Å². The van der Waals surface area contributed by atoms with Crippen LogP contribution in [0.15, 0.2) is 33.9 Å². The van der Waals surface area contributed by atoms with Gasteiger partial charge in [-0.15, -0.1) is 0 Å². The molecule has 0 saturated carbocycles. The van der Waals surface area contributed by atoms with Crippen LogP contribution < -0.4 is 21.5 Å². The topological polar surface area (TPSA) is 89.2 Å². The molecule has 2 aromatic heterocycles. The van der Waals surface area contributed by atoms with E-state index in [4.69, 9.17) is 11.6 Å². The summed E-state index contributed by atoms with van der Waals surface area (Å²) >= 11 is 7.21. The number of fused-ring (bicyclic) bond motifs is 1. The number of amides is 1. The average Bonchev–Trinajstić information content (AvgIpc) is 3.22. The van der Waals surface area contributed by atoms with Gasteiger partial charge in [-0.3, -0.25) is 18.7 Å². The molecule has 33 heavy (non-hydrogen) atoms. The minimum atomic E-state index is -0.520. The van der Waals surface area contributed by atoms with Crippen LogP contribution in [0.1, 0.15) is 45.2 Å². The normalized spacial score (nSPS) is 14.9. The number of hydrogen-bond donors (Lipinski definition) is 1. The molecular weight excluding hydrogens is 462 g/mol. The number of halogens is 1. The number of rotatable bonds is 6. The van der Waals surface area contributed by atoms with Crippen LogP contribution >= 0.6 is 22.9 Å². The Labute approximate surface area is 200 Å². The summed E-state index contributed by atoms with van der Waals surface area (Å²) in [6, 6.07) is 6.84. The Morgan fingerprint density at radius 1 is 1.21 bits per heavy atom. The van der Waals surface area contributed by atoms with Crippen LogP contribution in [0, 0.1) is 5.92 Å². The predicted molar refractivity (Wildman–Crippen MR) is 132 cm³/mol. The van der Waals surface area contributed by atoms with Crippen molar-refractivity contribution in [1.29, 1.82) is 0 Å². The van der Waals surface area contributed by atoms with E-state index in [-0.39, 0.29) is 29.7 Å². The van der Waals surface area contributed by atoms with Crippen molar-refractivity contribution in [3.8, 4) is 0 Å². The van der Waals surface area contributed by atoms with Gasteiger partial charge >= 0.3 is 5.69 Å². The van der Waals surface area contributed by atoms with Crippen molar-refractivity contribution in [2.24, 2.45) is 5.92 Å². The minimum Gasteiger partial charge on any atom is -0.350 e. The Kier molecular flexibility index (Phi) is 6.90. The number of piperidine rings is 1. The van der Waals surface area contributed by atoms with Crippen LogP contribution in [0.3, 0.4) is 0 Å². The summed E-state index contributed by atoms with van der Waals surface area (Å²) in [5.41, 5.74) is 0.306. The summed E-state index contributed by atoms with van der Waals surface area (Å²) in [4.78, 5) is 45.9. The van der Waals surface area contributed by atoms with Gasteiger partial charge in [-0.05, 0) is 50.3 Å². The van der Waals surface area contributed by atoms with Crippen molar-refractivity contribution in [3.05, 3.63) is 55.7 Å². The summed E-state index contributed by atoms with van der Waals surface area (Å²) in [6.07, 6.45) is 2.12. The smallest absolute Gasteiger partial charge is 0.333 e. The van der Waals surface area contributed by atoms with Gasteiger partial charge in [0.1, 0.15) is 11.2 Å². The molecule has 10 heteroatoms. The van der Waals surface area contributed by atoms with E-state index < -0.39 is 5.69 Å². The Morgan fingerprint density at radius 3 is 2.52 bits per heavy atom. The van der Waals surface area contributed by atoms with E-state index in [1.165, 1.54) is 20.5 Å². The molecule has 3 heterocycles. The number of nitrogens with one attached hydrogen (secondary N) is 1. The summed E-state index contributed by atoms with van der Waals surface area (Å²) in [5, 5.41) is 4.18. The molecule has 0 atom stereocenters. The van der Waals surface area contributed by atoms with E-state index >= 15 is 0 Å². The van der Waals surface area contributed by atoms with E-state index in [0.29, 0.717) is 22.2 Å². The summed E-state index contributed by atoms with van der Waals surface area (Å²) in [6.45, 7) is 7.64. The number of benzene rings is 1. The summed E-state index contributed by atoms with van der Waals surface area (Å²) in [5.74, 6) is 0.333. The molecule has 1 N–H and O–H groups in total. The first-order valence-corrected chi connectivity index (χ1v) is 12.4. The molecule has 0 aliphatic carbocycles. The molecule has 8 nitrogen and oxygen atoms in total. The van der Waals surface area contributed by atoms with Gasteiger partial charge in [-0.25, -0.2) is 9.78 Å². The van der Waals surface area contributed by atoms with Crippen LogP contribution in [0.5, 0.6) is 0 Å². The van der Waals surface area contributed by atoms with E-state index in [1.54, 1.807) is 26.0 Å². The molecule has 0 unspecified atom stereocenters. The SMILES string of the molecule is CC1CCN(c2nc3c(s2)c(=O)n(C(C)C)c(=O)n3CC(=O)NCc2ccc(Cl)cc2)CC1. The van der Waals surface area contributed by atoms with Crippen LogP contribution in [-0.4, -0.2) is 33.1 Å². The van der Waals surface area contributed by atoms with Crippen molar-refractivity contribution in [2.45, 2.75) is 52.7 Å². The summed E-state index contributed by atoms with van der Waals surface area (Å²) in [7, 11) is 0. The van der Waals surface area contributed by atoms with Gasteiger partial charge in [0, 0.05) is 30.7 Å². The predicted octanol–water partition coefficient (Wildman–Crippen LogP) is 3.41. The fourth-order valence-corrected chi connectivity index (χ4v) is 5.16. The van der Waals surface area contributed by atoms with Crippen molar-refractivity contribution in [1.82, 2.24) is 19.4 Å². The third-order valence-electron chi connectivity index (χ3n) is 5.98. The maximum atomic E-state index is 13.2. The fraction of sp³-hybridized carbons (Fsp3) is 0.478. The van der Waals surface area contributed by atoms with Gasteiger partial charge in [-0.1, -0.05) is 42.0 Å². The molecular formula is C23H28ClN5O3S. The monoisotopic (exact) mass is 489 g/mol. The molecule has 0 spiro atoms. The third kappa shape index (κ3) is 4.99. The molecule has 1 aliphatic heterocycles. The van der Waals surface area contributed by atoms with Gasteiger partial charge in [0.25, 0.3) is 5.56 Å². The number of anilines is 1. The quantitative estimate of drug-likeness (QED) is 0.573. The Morgan fingerprint density at radius 2 is 1.88 bits per heavy atom. The Bertz CT molecular complexity index is 1270. The van der Waals surface area contributed by atoms with E-state index in [1.807, 2.05) is 12.1 Å². The zero-order chi connectivity index (χ0) is 23.7. The highest BCUT2D eigenvalue weighted by Crippen LogP contribution is 2.29. The average molecular weight is 490 g/mol. The lowest BCUT2D eigenvalue weighted by atomic mass is 10.00. The number of nitrogens with zero attached hydrogens (tertiary/aromatic N) is 4. The van der Waals surface area contributed by atoms with Crippen LogP contribution in [0.25, 0.3) is 10.3 Å². The van der Waals surface area contributed by atoms with Gasteiger partial charge < -0.3 is 10.2 Å². The molecule has 1 aliphatic rings. The molecule has 4 rings (SSSR count). The lowest BCUT2D eigenvalue weighted by molar-refractivity contribution is -0.121. The molecule has 3 aromatic rings. The number of carbonyl (C=O) groups is 1. The molecule has 1 aromatic carbocycles. The maximum Gasteiger partial charge on any atom is 0.333 e. The standard InChI is InChI=1S/C23H28ClN5O3S/c1-14(2)29-21(31)19-20(26-22(33-19)27-10-8-15(3)9-11-27)28(23(29)32)13-18(30)25-12-16-4-6-17(24)7-5-16/h4-7,14-15H,8-13H2,1-3H3,(H,25,30). The Hall–Kier alpha value is -2.65. The summed E-state index contributed by atoms with van der Waals surface area (Å²) < 4.78 is 2.93. The van der Waals surface area contributed by atoms with Crippen molar-refractivity contribution in [3.63, 3.8) is 0 Å². The maximum absolute atomic E-state index is 13.2. The third-order valence-corrected chi connectivity index (χ3v) is 7.32. The molecule has 0 radical (unpaired) electrons. The second-order valence-electron chi connectivity index (χ2n) is 8.86. The Balaban J connectivity index is 1.66. The number of carbonyl (C=O) groups excluding carboxylic acids is 1. The number of hydrogen-bond acceptors (Lipinski definition) is 6. The number of thiazole rings is 1. The van der Waals surface area contributed by atoms with Crippen LogP contribution in [-0.2, 0) is 17.9 Å². The molecule has 1 fully saturated rings. The number of aromatic nitrogens is 3. The van der Waals surface area contributed by atoms with Crippen LogP contribution in [0.2, 0.25) is 5.02 Å². The molecule has 1 saturated heterocycles. The zero-order valence-electron chi connectivity index (χ0n) is 19.0. The highest BCUT2D eigenvalue weighted by molar-refractivity contribution is 7.22. The van der Waals surface area contributed by atoms with Gasteiger partial charge in [0.05, 0.1) is 0 Å². The van der Waals surface area contributed by atoms with Crippen molar-refractivity contribution in [2.75, 3.05) is 18.0 Å². The first-order valence-electron chi connectivity index (χ1n) is 11.2. The van der Waals surface area contributed by atoms with E-state index in [0.717, 1.165) is 36.6 Å². The van der Waals surface area contributed by atoms with Gasteiger partial charge in [-0.2, -0.15) is 0 Å². The van der Waals surface area contributed by atoms with Gasteiger partial charge in [0.2, 0.25) is 5.91 Å². The first kappa shape index (κ1) is 23.5. The van der Waals surface area contributed by atoms with E-state index in [9.17, 15) is 14.4 Å². The first-order chi connectivity index (χ1) is 15.7. The van der Waals surface area contributed by atoms with Crippen molar-refractivity contribution < 1.29 is 4.79 Å². The zero-order valence-corrected chi connectivity index (χ0v) is 20.6. The second-order valence-corrected chi connectivity index (χ2v) is 10.3. The fourth-order valence-electron chi connectivity index (χ4n) is 3.98. The molecule has 0 bridgehead atoms. The largest absolute Gasteiger partial charge is 0.350 e. The van der Waals surface area contributed by atoms with Gasteiger partial charge in [0.15, 0.2) is 10.8 Å². The molecule has 176 valence electrons. The lowest BCUT2D eigenvalue weighted by Crippen LogP contribution is -2.43. The lowest BCUT2D eigenvalue weighted by Gasteiger charge is -2.29. The van der Waals surface area contributed by atoms with E-state index in [2.05, 4.69) is 22.1 Å². The highest BCUT2D eigenvalue weighted by Gasteiger charge is 2.24. The highest BCUT2D eigenvalue weighted by atomic mass is 35.5. The minimum absolute atomic E-state index is 0.212. The van der Waals surface area contributed by atoms with Crippen LogP contribution in [0.4, 0.5) is 5.13 Å². The molecule has 1 amide bonds.